The van der Waals surface area contributed by atoms with Gasteiger partial charge in [-0.15, -0.1) is 13.2 Å². The molecule has 4 aromatic rings. The van der Waals surface area contributed by atoms with Gasteiger partial charge in [0.1, 0.15) is 11.6 Å². The van der Waals surface area contributed by atoms with Crippen molar-refractivity contribution in [2.75, 3.05) is 0 Å². The van der Waals surface area contributed by atoms with Crippen LogP contribution < -0.4 is 10.1 Å². The topological polar surface area (TPSA) is 69.0 Å². The number of thiazole rings is 1. The molecular formula is C19H12F4N4O2S. The number of carbonyl (C=O) groups is 1. The number of halogens is 4. The Kier molecular flexibility index (Phi) is 5.12. The Hall–Kier alpha value is -3.47. The summed E-state index contributed by atoms with van der Waals surface area (Å²) < 4.78 is 57.0. The smallest absolute Gasteiger partial charge is 0.405 e. The van der Waals surface area contributed by atoms with E-state index in [1.807, 2.05) is 24.3 Å². The third kappa shape index (κ3) is 4.40. The van der Waals surface area contributed by atoms with Crippen LogP contribution in [0.15, 0.2) is 54.9 Å². The minimum Gasteiger partial charge on any atom is -0.405 e. The molecule has 2 aromatic heterocycles. The Balaban J connectivity index is 1.48. The molecule has 0 atom stereocenters. The number of carbonyl (C=O) groups excluding carboxylic acids is 1. The highest BCUT2D eigenvalue weighted by molar-refractivity contribution is 7.20. The number of nitrogens with zero attached hydrogens (tertiary/aromatic N) is 3. The molecule has 0 spiro atoms. The zero-order valence-corrected chi connectivity index (χ0v) is 15.8. The molecule has 0 fully saturated rings. The highest BCUT2D eigenvalue weighted by atomic mass is 32.1. The molecule has 154 valence electrons. The summed E-state index contributed by atoms with van der Waals surface area (Å²) in [6.45, 7) is -0.295. The molecule has 0 saturated carbocycles. The summed E-state index contributed by atoms with van der Waals surface area (Å²) in [6, 6.07) is 10.2. The van der Waals surface area contributed by atoms with Gasteiger partial charge in [0.2, 0.25) is 5.13 Å². The molecule has 30 heavy (non-hydrogen) atoms. The van der Waals surface area contributed by atoms with Crippen LogP contribution in [0.25, 0.3) is 15.3 Å². The van der Waals surface area contributed by atoms with Gasteiger partial charge in [-0.25, -0.2) is 14.1 Å². The van der Waals surface area contributed by atoms with Gasteiger partial charge in [-0.05, 0) is 18.2 Å². The van der Waals surface area contributed by atoms with Gasteiger partial charge in [0.25, 0.3) is 5.91 Å². The number of benzene rings is 2. The molecule has 4 rings (SSSR count). The van der Waals surface area contributed by atoms with Crippen molar-refractivity contribution < 1.29 is 27.1 Å². The molecule has 0 saturated heterocycles. The summed E-state index contributed by atoms with van der Waals surface area (Å²) in [6.07, 6.45) is -2.20. The van der Waals surface area contributed by atoms with Crippen LogP contribution in [-0.2, 0) is 6.54 Å². The number of aromatic nitrogens is 3. The largest absolute Gasteiger partial charge is 0.573 e. The molecule has 0 aliphatic rings. The first-order valence-electron chi connectivity index (χ1n) is 8.51. The van der Waals surface area contributed by atoms with Crippen LogP contribution in [0.2, 0.25) is 0 Å². The fraction of sp³-hybridized carbons (Fsp3) is 0.105. The van der Waals surface area contributed by atoms with Gasteiger partial charge >= 0.3 is 6.36 Å². The monoisotopic (exact) mass is 436 g/mol. The zero-order chi connectivity index (χ0) is 21.3. The van der Waals surface area contributed by atoms with Crippen LogP contribution in [0.1, 0.15) is 15.9 Å². The summed E-state index contributed by atoms with van der Waals surface area (Å²) in [4.78, 5) is 16.8. The minimum absolute atomic E-state index is 0.0272. The lowest BCUT2D eigenvalue weighted by Crippen LogP contribution is -2.24. The summed E-state index contributed by atoms with van der Waals surface area (Å²) in [5.74, 6) is -2.17. The Bertz CT molecular complexity index is 1190. The number of nitrogens with one attached hydrogen (secondary N) is 1. The average molecular weight is 436 g/mol. The van der Waals surface area contributed by atoms with Crippen molar-refractivity contribution >= 4 is 27.5 Å². The van der Waals surface area contributed by atoms with Gasteiger partial charge in [0, 0.05) is 24.4 Å². The zero-order valence-electron chi connectivity index (χ0n) is 15.0. The van der Waals surface area contributed by atoms with Crippen LogP contribution in [0.4, 0.5) is 17.6 Å². The number of alkyl halides is 3. The summed E-state index contributed by atoms with van der Waals surface area (Å²) >= 11 is 1.39. The van der Waals surface area contributed by atoms with Crippen LogP contribution in [0.5, 0.6) is 5.75 Å². The van der Waals surface area contributed by atoms with E-state index in [0.717, 1.165) is 22.3 Å². The molecule has 2 heterocycles. The summed E-state index contributed by atoms with van der Waals surface area (Å²) in [7, 11) is 0. The lowest BCUT2D eigenvalue weighted by Gasteiger charge is -2.13. The maximum atomic E-state index is 13.3. The van der Waals surface area contributed by atoms with Gasteiger partial charge in [-0.1, -0.05) is 29.5 Å². The quantitative estimate of drug-likeness (QED) is 0.470. The molecular weight excluding hydrogens is 424 g/mol. The van der Waals surface area contributed by atoms with Crippen LogP contribution in [-0.4, -0.2) is 27.0 Å². The van der Waals surface area contributed by atoms with Crippen molar-refractivity contribution in [2.24, 2.45) is 0 Å². The van der Waals surface area contributed by atoms with Gasteiger partial charge in [0.15, 0.2) is 0 Å². The highest BCUT2D eigenvalue weighted by Crippen LogP contribution is 2.27. The van der Waals surface area contributed by atoms with E-state index in [0.29, 0.717) is 11.2 Å². The molecule has 0 unspecified atom stereocenters. The number of amides is 1. The standard InChI is InChI=1S/C19H12F4N4O2S/c20-13-6-5-11(15(7-13)29-19(21,22)23)8-24-17(28)12-9-25-27(10-12)18-26-14-3-1-2-4-16(14)30-18/h1-7,9-10H,8H2,(H,24,28). The second-order valence-electron chi connectivity index (χ2n) is 6.12. The van der Waals surface area contributed by atoms with Crippen LogP contribution >= 0.6 is 11.3 Å². The molecule has 1 N–H and O–H groups in total. The molecule has 1 amide bonds. The number of rotatable bonds is 5. The Morgan fingerprint density at radius 3 is 2.77 bits per heavy atom. The molecule has 0 aliphatic carbocycles. The number of hydrogen-bond acceptors (Lipinski definition) is 5. The fourth-order valence-corrected chi connectivity index (χ4v) is 3.57. The third-order valence-corrected chi connectivity index (χ3v) is 5.04. The highest BCUT2D eigenvalue weighted by Gasteiger charge is 2.32. The Labute approximate surface area is 170 Å². The lowest BCUT2D eigenvalue weighted by atomic mass is 10.2. The Morgan fingerprint density at radius 1 is 1.20 bits per heavy atom. The molecule has 2 aromatic carbocycles. The first-order chi connectivity index (χ1) is 14.3. The van der Waals surface area contributed by atoms with Gasteiger partial charge in [0.05, 0.1) is 22.0 Å². The molecule has 0 bridgehead atoms. The van der Waals surface area contributed by atoms with Gasteiger partial charge in [-0.2, -0.15) is 5.10 Å². The van der Waals surface area contributed by atoms with Crippen molar-refractivity contribution in [3.8, 4) is 10.9 Å². The second kappa shape index (κ2) is 7.75. The van der Waals surface area contributed by atoms with E-state index >= 15 is 0 Å². The molecule has 6 nitrogen and oxygen atoms in total. The SMILES string of the molecule is O=C(NCc1ccc(F)cc1OC(F)(F)F)c1cnn(-c2nc3ccccc3s2)c1. The summed E-state index contributed by atoms with van der Waals surface area (Å²) in [5.41, 5.74) is 0.961. The van der Waals surface area contributed by atoms with Gasteiger partial charge in [-0.3, -0.25) is 4.79 Å². The maximum Gasteiger partial charge on any atom is 0.573 e. The van der Waals surface area contributed by atoms with E-state index in [4.69, 9.17) is 0 Å². The summed E-state index contributed by atoms with van der Waals surface area (Å²) in [5, 5.41) is 7.15. The average Bonchev–Trinajstić information content (AvgIpc) is 3.33. The minimum atomic E-state index is -4.98. The van der Waals surface area contributed by atoms with E-state index in [2.05, 4.69) is 20.1 Å². The van der Waals surface area contributed by atoms with Crippen molar-refractivity contribution in [3.63, 3.8) is 0 Å². The predicted molar refractivity (Wildman–Crippen MR) is 101 cm³/mol. The first-order valence-corrected chi connectivity index (χ1v) is 9.33. The Morgan fingerprint density at radius 2 is 2.00 bits per heavy atom. The maximum absolute atomic E-state index is 13.3. The van der Waals surface area contributed by atoms with Crippen LogP contribution in [0.3, 0.4) is 0 Å². The van der Waals surface area contributed by atoms with Gasteiger partial charge < -0.3 is 10.1 Å². The number of fused-ring (bicyclic) bond motifs is 1. The van der Waals surface area contributed by atoms with E-state index in [-0.39, 0.29) is 17.7 Å². The normalized spacial score (nSPS) is 11.6. The van der Waals surface area contributed by atoms with E-state index in [1.165, 1.54) is 28.4 Å². The van der Waals surface area contributed by atoms with E-state index < -0.39 is 23.8 Å². The van der Waals surface area contributed by atoms with Crippen molar-refractivity contribution in [2.45, 2.75) is 12.9 Å². The number of hydrogen-bond donors (Lipinski definition) is 1. The molecule has 0 aliphatic heterocycles. The van der Waals surface area contributed by atoms with E-state index in [9.17, 15) is 22.4 Å². The third-order valence-electron chi connectivity index (χ3n) is 4.02. The number of ether oxygens (including phenoxy) is 1. The predicted octanol–water partition coefficient (Wildman–Crippen LogP) is 4.45. The van der Waals surface area contributed by atoms with Crippen molar-refractivity contribution in [1.82, 2.24) is 20.1 Å². The second-order valence-corrected chi connectivity index (χ2v) is 7.13. The lowest BCUT2D eigenvalue weighted by molar-refractivity contribution is -0.275. The fourth-order valence-electron chi connectivity index (χ4n) is 2.67. The molecule has 0 radical (unpaired) electrons. The number of para-hydroxylation sites is 1. The van der Waals surface area contributed by atoms with Crippen molar-refractivity contribution in [1.29, 1.82) is 0 Å². The van der Waals surface area contributed by atoms with Crippen molar-refractivity contribution in [3.05, 3.63) is 71.8 Å². The van der Waals surface area contributed by atoms with Crippen LogP contribution in [0, 0.1) is 5.82 Å². The first kappa shape index (κ1) is 19.8. The van der Waals surface area contributed by atoms with E-state index in [1.54, 1.807) is 0 Å². The molecule has 11 heteroatoms.